The van der Waals surface area contributed by atoms with E-state index in [9.17, 15) is 13.2 Å². The molecule has 4 rings (SSSR count). The summed E-state index contributed by atoms with van der Waals surface area (Å²) >= 11 is 0.973. The second-order valence-corrected chi connectivity index (χ2v) is 9.39. The number of ketones is 1. The molecule has 0 radical (unpaired) electrons. The Morgan fingerprint density at radius 2 is 1.78 bits per heavy atom. The number of benzene rings is 2. The highest BCUT2D eigenvalue weighted by molar-refractivity contribution is 8.00. The first-order valence-electron chi connectivity index (χ1n) is 9.72. The summed E-state index contributed by atoms with van der Waals surface area (Å²) < 4.78 is 42.8. The summed E-state index contributed by atoms with van der Waals surface area (Å²) in [5.74, 6) is 0.779. The van der Waals surface area contributed by atoms with E-state index in [0.717, 1.165) is 11.8 Å². The number of hydrogen-bond acceptors (Lipinski definition) is 8. The lowest BCUT2D eigenvalue weighted by Gasteiger charge is -2.05. The van der Waals surface area contributed by atoms with Gasteiger partial charge in [-0.15, -0.1) is 0 Å². The number of nitrogens with zero attached hydrogens (tertiary/aromatic N) is 1. The maximum atomic E-state index is 13.2. The highest BCUT2D eigenvalue weighted by atomic mass is 32.2. The molecule has 0 N–H and O–H groups in total. The zero-order valence-corrected chi connectivity index (χ0v) is 18.7. The van der Waals surface area contributed by atoms with E-state index in [4.69, 9.17) is 13.6 Å². The predicted octanol–water partition coefficient (Wildman–Crippen LogP) is 5.14. The van der Waals surface area contributed by atoms with Crippen LogP contribution in [-0.4, -0.2) is 31.5 Å². The molecule has 164 valence electrons. The molecule has 0 aliphatic heterocycles. The first-order chi connectivity index (χ1) is 15.5. The Labute approximate surface area is 189 Å². The minimum Gasteiger partial charge on any atom is -0.494 e. The Morgan fingerprint density at radius 3 is 2.44 bits per heavy atom. The third-order valence-corrected chi connectivity index (χ3v) is 7.18. The second kappa shape index (κ2) is 9.46. The molecule has 0 aliphatic rings. The molecule has 0 unspecified atom stereocenters. The molecule has 0 atom stereocenters. The van der Waals surface area contributed by atoms with Gasteiger partial charge in [0.05, 0.1) is 23.5 Å². The van der Waals surface area contributed by atoms with Crippen molar-refractivity contribution < 1.29 is 26.8 Å². The standard InChI is InChI=1S/C23H19NO6S2/c1-2-28-17-12-10-16(11-13-17)19(25)15-31-23-22(24-21(30-23)20-9-6-14-29-20)32(26,27)18-7-4-3-5-8-18/h3-14H,2,15H2,1H3. The SMILES string of the molecule is CCOc1ccc(C(=O)CSc2oc(-c3ccco3)nc2S(=O)(=O)c2ccccc2)cc1. The van der Waals surface area contributed by atoms with E-state index in [1.165, 1.54) is 18.4 Å². The highest BCUT2D eigenvalue weighted by Crippen LogP contribution is 2.35. The van der Waals surface area contributed by atoms with Gasteiger partial charge < -0.3 is 13.6 Å². The van der Waals surface area contributed by atoms with Gasteiger partial charge in [-0.1, -0.05) is 30.0 Å². The summed E-state index contributed by atoms with van der Waals surface area (Å²) in [6.45, 7) is 2.41. The lowest BCUT2D eigenvalue weighted by atomic mass is 10.1. The lowest BCUT2D eigenvalue weighted by molar-refractivity contribution is 0.102. The Kier molecular flexibility index (Phi) is 6.48. The second-order valence-electron chi connectivity index (χ2n) is 6.57. The number of thioether (sulfide) groups is 1. The Bertz CT molecular complexity index is 1290. The van der Waals surface area contributed by atoms with Gasteiger partial charge in [0.15, 0.2) is 11.5 Å². The van der Waals surface area contributed by atoms with Crippen molar-refractivity contribution in [3.8, 4) is 17.4 Å². The van der Waals surface area contributed by atoms with Crippen molar-refractivity contribution in [2.75, 3.05) is 12.4 Å². The van der Waals surface area contributed by atoms with E-state index >= 15 is 0 Å². The quantitative estimate of drug-likeness (QED) is 0.245. The molecule has 0 saturated carbocycles. The average molecular weight is 470 g/mol. The van der Waals surface area contributed by atoms with Crippen LogP contribution in [0.5, 0.6) is 5.75 Å². The zero-order chi connectivity index (χ0) is 22.6. The zero-order valence-electron chi connectivity index (χ0n) is 17.1. The molecule has 0 spiro atoms. The van der Waals surface area contributed by atoms with Crippen molar-refractivity contribution in [2.24, 2.45) is 0 Å². The summed E-state index contributed by atoms with van der Waals surface area (Å²) in [4.78, 5) is 16.9. The monoisotopic (exact) mass is 469 g/mol. The number of carbonyl (C=O) groups is 1. The van der Waals surface area contributed by atoms with Crippen LogP contribution in [0.15, 0.2) is 96.8 Å². The van der Waals surface area contributed by atoms with Crippen LogP contribution >= 0.6 is 11.8 Å². The summed E-state index contributed by atoms with van der Waals surface area (Å²) in [5, 5.41) is -0.223. The van der Waals surface area contributed by atoms with E-state index in [-0.39, 0.29) is 32.4 Å². The summed E-state index contributed by atoms with van der Waals surface area (Å²) in [6.07, 6.45) is 1.44. The summed E-state index contributed by atoms with van der Waals surface area (Å²) in [5.41, 5.74) is 0.485. The average Bonchev–Trinajstić information content (AvgIpc) is 3.49. The Hall–Kier alpha value is -3.30. The van der Waals surface area contributed by atoms with E-state index in [0.29, 0.717) is 23.7 Å². The topological polar surface area (TPSA) is 99.6 Å². The van der Waals surface area contributed by atoms with Crippen LogP contribution in [0, 0.1) is 0 Å². The van der Waals surface area contributed by atoms with Crippen molar-refractivity contribution in [1.29, 1.82) is 0 Å². The number of rotatable bonds is 9. The maximum Gasteiger partial charge on any atom is 0.265 e. The number of Topliss-reactive ketones (excluding diaryl/α,β-unsaturated/α-hetero) is 1. The number of hydrogen-bond donors (Lipinski definition) is 0. The molecule has 0 bridgehead atoms. The molecule has 2 aromatic heterocycles. The van der Waals surface area contributed by atoms with E-state index < -0.39 is 9.84 Å². The predicted molar refractivity (Wildman–Crippen MR) is 119 cm³/mol. The van der Waals surface area contributed by atoms with E-state index in [2.05, 4.69) is 4.98 Å². The number of sulfone groups is 1. The van der Waals surface area contributed by atoms with Gasteiger partial charge in [0.25, 0.3) is 5.89 Å². The highest BCUT2D eigenvalue weighted by Gasteiger charge is 2.29. The molecule has 4 aromatic rings. The minimum atomic E-state index is -3.96. The molecule has 0 fully saturated rings. The van der Waals surface area contributed by atoms with Crippen LogP contribution in [0.3, 0.4) is 0 Å². The van der Waals surface area contributed by atoms with Crippen molar-refractivity contribution in [2.45, 2.75) is 21.9 Å². The number of oxazole rings is 1. The number of ether oxygens (including phenoxy) is 1. The summed E-state index contributed by atoms with van der Waals surface area (Å²) in [6, 6.07) is 18.0. The van der Waals surface area contributed by atoms with Crippen molar-refractivity contribution in [3.05, 3.63) is 78.6 Å². The van der Waals surface area contributed by atoms with E-state index in [1.54, 1.807) is 54.6 Å². The molecular weight excluding hydrogens is 450 g/mol. The largest absolute Gasteiger partial charge is 0.494 e. The molecular formula is C23H19NO6S2. The smallest absolute Gasteiger partial charge is 0.265 e. The van der Waals surface area contributed by atoms with E-state index in [1.807, 2.05) is 6.92 Å². The molecule has 0 amide bonds. The first kappa shape index (κ1) is 21.9. The van der Waals surface area contributed by atoms with Gasteiger partial charge in [-0.2, -0.15) is 4.98 Å². The van der Waals surface area contributed by atoms with Gasteiger partial charge in [0.1, 0.15) is 5.75 Å². The van der Waals surface area contributed by atoms with Crippen molar-refractivity contribution in [3.63, 3.8) is 0 Å². The minimum absolute atomic E-state index is 0.0274. The normalized spacial score (nSPS) is 11.4. The van der Waals surface area contributed by atoms with Crippen LogP contribution in [0.25, 0.3) is 11.7 Å². The fourth-order valence-electron chi connectivity index (χ4n) is 2.89. The number of aromatic nitrogens is 1. The molecule has 7 nitrogen and oxygen atoms in total. The van der Waals surface area contributed by atoms with Gasteiger partial charge in [-0.25, -0.2) is 8.42 Å². The maximum absolute atomic E-state index is 13.2. The van der Waals surface area contributed by atoms with Gasteiger partial charge in [-0.3, -0.25) is 4.79 Å². The molecule has 9 heteroatoms. The molecule has 0 aliphatic carbocycles. The van der Waals surface area contributed by atoms with Crippen LogP contribution in [0.4, 0.5) is 0 Å². The van der Waals surface area contributed by atoms with Crippen LogP contribution in [0.2, 0.25) is 0 Å². The number of furan rings is 1. The first-order valence-corrected chi connectivity index (χ1v) is 12.2. The van der Waals surface area contributed by atoms with Crippen molar-refractivity contribution in [1.82, 2.24) is 4.98 Å². The molecule has 2 aromatic carbocycles. The molecule has 0 saturated heterocycles. The summed E-state index contributed by atoms with van der Waals surface area (Å²) in [7, 11) is -3.96. The number of carbonyl (C=O) groups excluding carboxylic acids is 1. The fraction of sp³-hybridized carbons (Fsp3) is 0.130. The molecule has 32 heavy (non-hydrogen) atoms. The van der Waals surface area contributed by atoms with Crippen molar-refractivity contribution >= 4 is 27.4 Å². The van der Waals surface area contributed by atoms with Crippen LogP contribution in [-0.2, 0) is 9.84 Å². The molecule has 2 heterocycles. The van der Waals surface area contributed by atoms with Gasteiger partial charge in [-0.05, 0) is 55.5 Å². The van der Waals surface area contributed by atoms with Crippen LogP contribution in [0.1, 0.15) is 17.3 Å². The Balaban J connectivity index is 1.62. The third kappa shape index (κ3) is 4.63. The fourth-order valence-corrected chi connectivity index (χ4v) is 5.33. The lowest BCUT2D eigenvalue weighted by Crippen LogP contribution is -2.06. The van der Waals surface area contributed by atoms with Gasteiger partial charge in [0.2, 0.25) is 20.0 Å². The Morgan fingerprint density at radius 1 is 1.03 bits per heavy atom. The van der Waals surface area contributed by atoms with Gasteiger partial charge in [0, 0.05) is 5.56 Å². The third-order valence-electron chi connectivity index (χ3n) is 4.43. The van der Waals surface area contributed by atoms with Crippen LogP contribution < -0.4 is 4.74 Å². The van der Waals surface area contributed by atoms with Gasteiger partial charge >= 0.3 is 0 Å².